The number of amides is 1. The Labute approximate surface area is 259 Å². The highest BCUT2D eigenvalue weighted by Gasteiger charge is 2.54. The largest absolute Gasteiger partial charge is 0.494 e. The molecule has 5 rings (SSSR count). The third kappa shape index (κ3) is 7.06. The fraction of sp³-hybridized carbons (Fsp3) is 0.355. The molecule has 3 aromatic carbocycles. The van der Waals surface area contributed by atoms with Crippen molar-refractivity contribution < 1.29 is 19.4 Å². The van der Waals surface area contributed by atoms with Crippen molar-refractivity contribution in [1.82, 2.24) is 10.4 Å². The van der Waals surface area contributed by atoms with E-state index in [-0.39, 0.29) is 31.4 Å². The fourth-order valence-electron chi connectivity index (χ4n) is 5.33. The zero-order valence-electron chi connectivity index (χ0n) is 23.5. The van der Waals surface area contributed by atoms with E-state index in [9.17, 15) is 4.79 Å². The molecule has 224 valence electrons. The van der Waals surface area contributed by atoms with Crippen molar-refractivity contribution >= 4 is 35.0 Å². The number of azide groups is 1. The third-order valence-corrected chi connectivity index (χ3v) is 8.09. The van der Waals surface area contributed by atoms with Crippen LogP contribution in [0.15, 0.2) is 76.8 Å². The van der Waals surface area contributed by atoms with Gasteiger partial charge in [-0.05, 0) is 65.9 Å². The summed E-state index contributed by atoms with van der Waals surface area (Å²) in [6.07, 6.45) is 1.73. The second-order valence-corrected chi connectivity index (χ2v) is 11.3. The lowest BCUT2D eigenvalue weighted by atomic mass is 9.81. The summed E-state index contributed by atoms with van der Waals surface area (Å²) in [4.78, 5) is 22.4. The van der Waals surface area contributed by atoms with Gasteiger partial charge in [-0.3, -0.25) is 10.2 Å². The van der Waals surface area contributed by atoms with E-state index in [1.54, 1.807) is 30.3 Å². The Morgan fingerprint density at radius 3 is 2.58 bits per heavy atom. The van der Waals surface area contributed by atoms with Crippen LogP contribution in [0.3, 0.4) is 0 Å². The van der Waals surface area contributed by atoms with Crippen LogP contribution in [0.25, 0.3) is 10.4 Å². The van der Waals surface area contributed by atoms with E-state index in [1.165, 1.54) is 0 Å². The monoisotopic (exact) mass is 622 g/mol. The van der Waals surface area contributed by atoms with E-state index in [4.69, 9.17) is 48.3 Å². The molecule has 0 spiro atoms. The number of hydrogen-bond acceptors (Lipinski definition) is 7. The van der Waals surface area contributed by atoms with Crippen LogP contribution < -0.4 is 10.2 Å². The van der Waals surface area contributed by atoms with Gasteiger partial charge in [-0.1, -0.05) is 58.6 Å². The minimum Gasteiger partial charge on any atom is -0.494 e. The van der Waals surface area contributed by atoms with Crippen LogP contribution in [0.1, 0.15) is 47.6 Å². The summed E-state index contributed by atoms with van der Waals surface area (Å²) >= 11 is 13.0. The van der Waals surface area contributed by atoms with Crippen molar-refractivity contribution in [2.24, 2.45) is 10.1 Å². The first-order chi connectivity index (χ1) is 20.9. The number of aliphatic imine (C=N–C) groups is 1. The van der Waals surface area contributed by atoms with Crippen molar-refractivity contribution in [2.45, 2.75) is 43.9 Å². The molecule has 2 aliphatic heterocycles. The van der Waals surface area contributed by atoms with Crippen molar-refractivity contribution in [3.05, 3.63) is 109 Å². The molecule has 2 N–H and O–H groups in total. The van der Waals surface area contributed by atoms with Gasteiger partial charge in [-0.2, -0.15) is 0 Å². The van der Waals surface area contributed by atoms with E-state index in [0.29, 0.717) is 39.9 Å². The Kier molecular flexibility index (Phi) is 10.1. The summed E-state index contributed by atoms with van der Waals surface area (Å²) in [5.41, 5.74) is 13.4. The molecule has 10 nitrogen and oxygen atoms in total. The molecular weight excluding hydrogens is 591 g/mol. The topological polar surface area (TPSA) is 132 Å². The molecule has 1 saturated heterocycles. The lowest BCUT2D eigenvalue weighted by Gasteiger charge is -2.33. The van der Waals surface area contributed by atoms with E-state index in [0.717, 1.165) is 37.1 Å². The van der Waals surface area contributed by atoms with Gasteiger partial charge < -0.3 is 14.6 Å². The summed E-state index contributed by atoms with van der Waals surface area (Å²) in [7, 11) is 0. The number of carbonyl (C=O) groups is 1. The number of hydrazine groups is 1. The van der Waals surface area contributed by atoms with E-state index < -0.39 is 11.6 Å². The van der Waals surface area contributed by atoms with Gasteiger partial charge in [0.25, 0.3) is 5.91 Å². The van der Waals surface area contributed by atoms with Crippen LogP contribution in [0.4, 0.5) is 0 Å². The van der Waals surface area contributed by atoms with E-state index in [1.807, 2.05) is 41.4 Å². The van der Waals surface area contributed by atoms with Crippen molar-refractivity contribution in [3.63, 3.8) is 0 Å². The van der Waals surface area contributed by atoms with Crippen molar-refractivity contribution in [2.75, 3.05) is 26.3 Å². The third-order valence-electron chi connectivity index (χ3n) is 7.52. The molecular formula is C31H32Cl2N6O4. The molecule has 3 aromatic rings. The molecule has 0 unspecified atom stereocenters. The van der Waals surface area contributed by atoms with Crippen LogP contribution in [0, 0.1) is 0 Å². The van der Waals surface area contributed by atoms with Gasteiger partial charge in [0, 0.05) is 58.6 Å². The molecule has 2 heterocycles. The van der Waals surface area contributed by atoms with Gasteiger partial charge in [0.1, 0.15) is 5.75 Å². The summed E-state index contributed by atoms with van der Waals surface area (Å²) < 4.78 is 12.3. The number of halogens is 2. The first-order valence-electron chi connectivity index (χ1n) is 14.1. The number of aliphatic hydroxyl groups is 1. The Balaban J connectivity index is 1.61. The van der Waals surface area contributed by atoms with Crippen LogP contribution >= 0.6 is 23.2 Å². The first-order valence-corrected chi connectivity index (χ1v) is 14.9. The number of ether oxygens (including phenoxy) is 2. The quantitative estimate of drug-likeness (QED) is 0.107. The van der Waals surface area contributed by atoms with Crippen LogP contribution in [0.5, 0.6) is 5.75 Å². The molecule has 0 saturated carbocycles. The maximum absolute atomic E-state index is 14.5. The average molecular weight is 624 g/mol. The van der Waals surface area contributed by atoms with Crippen molar-refractivity contribution in [3.8, 4) is 5.75 Å². The molecule has 2 aliphatic rings. The van der Waals surface area contributed by atoms with Gasteiger partial charge in [0.05, 0.1) is 13.2 Å². The minimum atomic E-state index is -1.47. The standard InChI is InChI=1S/C31H32Cl2N6O4/c32-24-10-13-26(27(33)18-24)28-31(30(41)37-39-14-3-4-15-39,19-22-6-1-2-7-23(22)20-35-38-34)36-29(43-28)21-8-11-25(12-9-21)42-17-5-16-40/h1-2,6-13,18,28,40H,3-5,14-17,19-20H2,(H,37,41)/t28-,31-/m0/s1. The zero-order chi connectivity index (χ0) is 30.2. The smallest absolute Gasteiger partial charge is 0.266 e. The Hall–Kier alpha value is -3.79. The van der Waals surface area contributed by atoms with E-state index >= 15 is 0 Å². The second kappa shape index (κ2) is 14.1. The van der Waals surface area contributed by atoms with E-state index in [2.05, 4.69) is 15.5 Å². The molecule has 1 fully saturated rings. The second-order valence-electron chi connectivity index (χ2n) is 10.4. The molecule has 0 aromatic heterocycles. The predicted molar refractivity (Wildman–Crippen MR) is 165 cm³/mol. The van der Waals surface area contributed by atoms with Crippen LogP contribution in [0.2, 0.25) is 10.0 Å². The fourth-order valence-corrected chi connectivity index (χ4v) is 5.83. The van der Waals surface area contributed by atoms with Gasteiger partial charge >= 0.3 is 0 Å². The number of rotatable bonds is 12. The summed E-state index contributed by atoms with van der Waals surface area (Å²) in [5, 5.41) is 15.5. The number of hydrogen-bond donors (Lipinski definition) is 2. The summed E-state index contributed by atoms with van der Waals surface area (Å²) in [6.45, 7) is 2.02. The maximum atomic E-state index is 14.5. The average Bonchev–Trinajstić information content (AvgIpc) is 3.66. The number of aliphatic hydroxyl groups excluding tert-OH is 1. The minimum absolute atomic E-state index is 0.0466. The van der Waals surface area contributed by atoms with Gasteiger partial charge in [0.15, 0.2) is 11.6 Å². The number of benzene rings is 3. The Bertz CT molecular complexity index is 1520. The number of nitrogens with zero attached hydrogens (tertiary/aromatic N) is 5. The summed E-state index contributed by atoms with van der Waals surface area (Å²) in [5.74, 6) is 0.586. The zero-order valence-corrected chi connectivity index (χ0v) is 25.0. The highest BCUT2D eigenvalue weighted by atomic mass is 35.5. The highest BCUT2D eigenvalue weighted by Crippen LogP contribution is 2.45. The summed E-state index contributed by atoms with van der Waals surface area (Å²) in [6, 6.07) is 19.8. The molecule has 2 atom stereocenters. The normalized spacial score (nSPS) is 19.8. The van der Waals surface area contributed by atoms with Crippen molar-refractivity contribution in [1.29, 1.82) is 0 Å². The Morgan fingerprint density at radius 2 is 1.88 bits per heavy atom. The lowest BCUT2D eigenvalue weighted by molar-refractivity contribution is -0.133. The van der Waals surface area contributed by atoms with Crippen LogP contribution in [-0.2, 0) is 22.5 Å². The molecule has 12 heteroatoms. The highest BCUT2D eigenvalue weighted by molar-refractivity contribution is 6.35. The lowest BCUT2D eigenvalue weighted by Crippen LogP contribution is -2.54. The predicted octanol–water partition coefficient (Wildman–Crippen LogP) is 6.19. The molecule has 43 heavy (non-hydrogen) atoms. The number of nitrogens with one attached hydrogen (secondary N) is 1. The first kappa shape index (κ1) is 30.7. The van der Waals surface area contributed by atoms with Gasteiger partial charge in [-0.15, -0.1) is 0 Å². The van der Waals surface area contributed by atoms with Crippen LogP contribution in [-0.4, -0.2) is 53.8 Å². The molecule has 0 bridgehead atoms. The molecule has 0 aliphatic carbocycles. The Morgan fingerprint density at radius 1 is 1.14 bits per heavy atom. The molecule has 0 radical (unpaired) electrons. The maximum Gasteiger partial charge on any atom is 0.266 e. The van der Waals surface area contributed by atoms with Gasteiger partial charge in [-0.25, -0.2) is 10.0 Å². The van der Waals surface area contributed by atoms with Gasteiger partial charge in [0.2, 0.25) is 5.90 Å². The molecule has 1 amide bonds. The SMILES string of the molecule is [N-]=[N+]=NCc1ccccc1C[C@]1(C(=O)NN2CCCC2)N=C(c2ccc(OCCCO)cc2)O[C@H]1c1ccc(Cl)cc1Cl. The number of carbonyl (C=O) groups excluding carboxylic acids is 1.